The molecule has 2 aromatic carbocycles. The first kappa shape index (κ1) is 20.5. The molecular weight excluding hydrogens is 380 g/mol. The van der Waals surface area contributed by atoms with E-state index in [-0.39, 0.29) is 49.5 Å². The van der Waals surface area contributed by atoms with Crippen molar-refractivity contribution in [3.63, 3.8) is 0 Å². The van der Waals surface area contributed by atoms with Crippen molar-refractivity contribution < 1.29 is 18.9 Å². The molecule has 0 aromatic heterocycles. The SMILES string of the molecule is N#CCC(OC1COC2C1OC[C@H]2OC(CC#N)c1ccccc1)c1ccccc1. The van der Waals surface area contributed by atoms with Crippen molar-refractivity contribution in [1.82, 2.24) is 0 Å². The van der Waals surface area contributed by atoms with Gasteiger partial charge in [-0.15, -0.1) is 0 Å². The molecule has 0 aliphatic carbocycles. The zero-order chi connectivity index (χ0) is 20.8. The van der Waals surface area contributed by atoms with Crippen LogP contribution in [0.2, 0.25) is 0 Å². The Bertz CT molecular complexity index is 817. The molecule has 5 unspecified atom stereocenters. The van der Waals surface area contributed by atoms with E-state index in [0.717, 1.165) is 11.1 Å². The highest BCUT2D eigenvalue weighted by molar-refractivity contribution is 5.20. The van der Waals surface area contributed by atoms with Crippen LogP contribution >= 0.6 is 0 Å². The van der Waals surface area contributed by atoms with Gasteiger partial charge in [0, 0.05) is 0 Å². The molecule has 0 bridgehead atoms. The molecule has 2 aliphatic heterocycles. The molecule has 2 heterocycles. The van der Waals surface area contributed by atoms with Gasteiger partial charge in [0.15, 0.2) is 0 Å². The molecule has 0 amide bonds. The van der Waals surface area contributed by atoms with E-state index in [1.807, 2.05) is 60.7 Å². The molecule has 2 aromatic rings. The fourth-order valence-electron chi connectivity index (χ4n) is 4.07. The van der Waals surface area contributed by atoms with Crippen molar-refractivity contribution in [2.45, 2.75) is 49.5 Å². The van der Waals surface area contributed by atoms with Crippen molar-refractivity contribution in [3.8, 4) is 12.1 Å². The molecule has 4 rings (SSSR count). The van der Waals surface area contributed by atoms with Gasteiger partial charge in [-0.2, -0.15) is 10.5 Å². The van der Waals surface area contributed by atoms with E-state index >= 15 is 0 Å². The first-order chi connectivity index (χ1) is 14.8. The summed E-state index contributed by atoms with van der Waals surface area (Å²) in [7, 11) is 0. The van der Waals surface area contributed by atoms with E-state index in [1.165, 1.54) is 0 Å². The number of rotatable bonds is 8. The maximum atomic E-state index is 9.22. The summed E-state index contributed by atoms with van der Waals surface area (Å²) in [5.41, 5.74) is 1.93. The van der Waals surface area contributed by atoms with Crippen LogP contribution < -0.4 is 0 Å². The summed E-state index contributed by atoms with van der Waals surface area (Å²) < 4.78 is 24.5. The Kier molecular flexibility index (Phi) is 6.74. The third-order valence-electron chi connectivity index (χ3n) is 5.54. The van der Waals surface area contributed by atoms with E-state index in [0.29, 0.717) is 13.2 Å². The Morgan fingerprint density at radius 1 is 0.733 bits per heavy atom. The summed E-state index contributed by atoms with van der Waals surface area (Å²) in [4.78, 5) is 0. The molecule has 2 fully saturated rings. The van der Waals surface area contributed by atoms with Crippen LogP contribution in [0.5, 0.6) is 0 Å². The minimum absolute atomic E-state index is 0.251. The fraction of sp³-hybridized carbons (Fsp3) is 0.417. The number of ether oxygens (including phenoxy) is 4. The lowest BCUT2D eigenvalue weighted by atomic mass is 10.0. The molecule has 0 radical (unpaired) electrons. The summed E-state index contributed by atoms with van der Waals surface area (Å²) in [6.45, 7) is 0.774. The summed E-state index contributed by atoms with van der Waals surface area (Å²) in [6.07, 6.45) is -1.18. The van der Waals surface area contributed by atoms with Crippen molar-refractivity contribution in [2.75, 3.05) is 13.2 Å². The Labute approximate surface area is 176 Å². The number of hydrogen-bond acceptors (Lipinski definition) is 6. The zero-order valence-corrected chi connectivity index (χ0v) is 16.6. The fourth-order valence-corrected chi connectivity index (χ4v) is 4.07. The topological polar surface area (TPSA) is 84.5 Å². The maximum Gasteiger partial charge on any atom is 0.115 e. The molecule has 0 saturated carbocycles. The molecule has 6 nitrogen and oxygen atoms in total. The predicted molar refractivity (Wildman–Crippen MR) is 108 cm³/mol. The molecular formula is C24H24N2O4. The van der Waals surface area contributed by atoms with Crippen LogP contribution in [0.25, 0.3) is 0 Å². The van der Waals surface area contributed by atoms with E-state index in [2.05, 4.69) is 12.1 Å². The van der Waals surface area contributed by atoms with Crippen molar-refractivity contribution >= 4 is 0 Å². The Morgan fingerprint density at radius 3 is 1.50 bits per heavy atom. The van der Waals surface area contributed by atoms with Crippen LogP contribution in [0.15, 0.2) is 60.7 Å². The Hall–Kier alpha value is -2.74. The van der Waals surface area contributed by atoms with Crippen LogP contribution in [0.3, 0.4) is 0 Å². The summed E-state index contributed by atoms with van der Waals surface area (Å²) in [6, 6.07) is 23.9. The minimum Gasteiger partial charge on any atom is -0.370 e. The van der Waals surface area contributed by atoms with Crippen LogP contribution in [-0.2, 0) is 18.9 Å². The average molecular weight is 404 g/mol. The van der Waals surface area contributed by atoms with Gasteiger partial charge in [-0.1, -0.05) is 60.7 Å². The van der Waals surface area contributed by atoms with Gasteiger partial charge in [0.25, 0.3) is 0 Å². The molecule has 2 saturated heterocycles. The molecule has 30 heavy (non-hydrogen) atoms. The smallest absolute Gasteiger partial charge is 0.115 e. The summed E-state index contributed by atoms with van der Waals surface area (Å²) >= 11 is 0. The van der Waals surface area contributed by atoms with Crippen LogP contribution in [0.1, 0.15) is 36.2 Å². The van der Waals surface area contributed by atoms with Crippen LogP contribution in [0.4, 0.5) is 0 Å². The summed E-state index contributed by atoms with van der Waals surface area (Å²) in [5, 5.41) is 18.4. The Balaban J connectivity index is 1.41. The lowest BCUT2D eigenvalue weighted by Crippen LogP contribution is -2.35. The van der Waals surface area contributed by atoms with Crippen LogP contribution in [-0.4, -0.2) is 37.6 Å². The van der Waals surface area contributed by atoms with Crippen molar-refractivity contribution in [3.05, 3.63) is 71.8 Å². The maximum absolute atomic E-state index is 9.22. The van der Waals surface area contributed by atoms with Gasteiger partial charge in [-0.3, -0.25) is 0 Å². The highest BCUT2D eigenvalue weighted by Crippen LogP contribution is 2.36. The quantitative estimate of drug-likeness (QED) is 0.664. The van der Waals surface area contributed by atoms with E-state index < -0.39 is 0 Å². The predicted octanol–water partition coefficient (Wildman–Crippen LogP) is 3.86. The number of fused-ring (bicyclic) bond motifs is 1. The van der Waals surface area contributed by atoms with Gasteiger partial charge >= 0.3 is 0 Å². The second-order valence-corrected chi connectivity index (χ2v) is 7.47. The number of nitrogens with zero attached hydrogens (tertiary/aromatic N) is 2. The first-order valence-corrected chi connectivity index (χ1v) is 10.2. The van der Waals surface area contributed by atoms with Gasteiger partial charge in [0.05, 0.1) is 50.4 Å². The van der Waals surface area contributed by atoms with Gasteiger partial charge in [0.2, 0.25) is 0 Å². The molecule has 154 valence electrons. The van der Waals surface area contributed by atoms with E-state index in [1.54, 1.807) is 0 Å². The lowest BCUT2D eigenvalue weighted by Gasteiger charge is -2.23. The number of benzene rings is 2. The van der Waals surface area contributed by atoms with E-state index in [4.69, 9.17) is 18.9 Å². The van der Waals surface area contributed by atoms with Gasteiger partial charge < -0.3 is 18.9 Å². The lowest BCUT2D eigenvalue weighted by molar-refractivity contribution is -0.0868. The first-order valence-electron chi connectivity index (χ1n) is 10.2. The summed E-state index contributed by atoms with van der Waals surface area (Å²) in [5.74, 6) is 0. The average Bonchev–Trinajstić information content (AvgIpc) is 3.37. The minimum atomic E-state index is -0.331. The second kappa shape index (κ2) is 9.84. The van der Waals surface area contributed by atoms with Gasteiger partial charge in [-0.05, 0) is 11.1 Å². The standard InChI is InChI=1S/C24H24N2O4/c25-13-11-19(17-7-3-1-4-8-17)29-21-15-27-24-22(16-28-23(21)24)30-20(12-14-26)18-9-5-2-6-10-18/h1-10,19-24H,11-12,15-16H2/t19?,20?,21-,22?,23?,24?/m1/s1. The highest BCUT2D eigenvalue weighted by Gasteiger charge is 2.50. The highest BCUT2D eigenvalue weighted by atomic mass is 16.6. The largest absolute Gasteiger partial charge is 0.370 e. The Morgan fingerprint density at radius 2 is 1.13 bits per heavy atom. The molecule has 0 spiro atoms. The van der Waals surface area contributed by atoms with Gasteiger partial charge in [-0.25, -0.2) is 0 Å². The van der Waals surface area contributed by atoms with Gasteiger partial charge in [0.1, 0.15) is 24.4 Å². The normalized spacial score (nSPS) is 27.0. The molecule has 2 aliphatic rings. The molecule has 6 heteroatoms. The van der Waals surface area contributed by atoms with E-state index in [9.17, 15) is 10.5 Å². The monoisotopic (exact) mass is 404 g/mol. The third kappa shape index (κ3) is 4.53. The van der Waals surface area contributed by atoms with Crippen LogP contribution in [0, 0.1) is 22.7 Å². The molecule has 6 atom stereocenters. The second-order valence-electron chi connectivity index (χ2n) is 7.47. The van der Waals surface area contributed by atoms with Crippen molar-refractivity contribution in [2.24, 2.45) is 0 Å². The number of hydrogen-bond donors (Lipinski definition) is 0. The van der Waals surface area contributed by atoms with Crippen molar-refractivity contribution in [1.29, 1.82) is 10.5 Å². The third-order valence-corrected chi connectivity index (χ3v) is 5.54. The zero-order valence-electron chi connectivity index (χ0n) is 16.6. The molecule has 0 N–H and O–H groups in total. The number of nitriles is 2.